The van der Waals surface area contributed by atoms with Crippen LogP contribution < -0.4 is 15.0 Å². The number of anilines is 1. The molecule has 3 saturated heterocycles. The molecule has 8 rings (SSSR count). The highest BCUT2D eigenvalue weighted by Crippen LogP contribution is 2.46. The number of rotatable bonds is 8. The molecule has 2 bridgehead atoms. The van der Waals surface area contributed by atoms with E-state index in [-0.39, 0.29) is 40.6 Å². The third kappa shape index (κ3) is 4.70. The number of pyridine rings is 1. The van der Waals surface area contributed by atoms with Gasteiger partial charge in [-0.05, 0) is 80.7 Å². The van der Waals surface area contributed by atoms with E-state index in [1.54, 1.807) is 6.07 Å². The number of aromatic nitrogens is 3. The Labute approximate surface area is 246 Å². The van der Waals surface area contributed by atoms with Gasteiger partial charge in [0.05, 0.1) is 14.7 Å². The highest BCUT2D eigenvalue weighted by Gasteiger charge is 2.44. The van der Waals surface area contributed by atoms with Crippen molar-refractivity contribution in [3.8, 4) is 23.0 Å². The molecular formula is C32H36F2N6O2. The number of aromatic hydroxyl groups is 1. The second kappa shape index (κ2) is 10.3. The Kier molecular flexibility index (Phi) is 6.10. The number of piperazine rings is 1. The first-order valence-electron chi connectivity index (χ1n) is 15.6. The summed E-state index contributed by atoms with van der Waals surface area (Å²) in [5.41, 5.74) is -0.231. The third-order valence-corrected chi connectivity index (χ3v) is 8.86. The fourth-order valence-corrected chi connectivity index (χ4v) is 6.68. The summed E-state index contributed by atoms with van der Waals surface area (Å²) < 4.78 is 55.5. The van der Waals surface area contributed by atoms with E-state index >= 15 is 4.39 Å². The number of nitrogens with one attached hydrogen (secondary N) is 1. The largest absolute Gasteiger partial charge is 0.508 e. The summed E-state index contributed by atoms with van der Waals surface area (Å²) in [5.74, 6) is -0.843. The molecule has 42 heavy (non-hydrogen) atoms. The fourth-order valence-electron chi connectivity index (χ4n) is 6.68. The number of hydrogen-bond donors (Lipinski definition) is 2. The molecule has 2 unspecified atom stereocenters. The molecular weight excluding hydrogens is 538 g/mol. The van der Waals surface area contributed by atoms with E-state index in [0.29, 0.717) is 59.9 Å². The van der Waals surface area contributed by atoms with Gasteiger partial charge in [0.15, 0.2) is 5.82 Å². The molecule has 4 aromatic rings. The zero-order chi connectivity index (χ0) is 31.0. The van der Waals surface area contributed by atoms with E-state index in [1.165, 1.54) is 24.4 Å². The number of halogens is 2. The maximum Gasteiger partial charge on any atom is 0.319 e. The molecule has 0 amide bonds. The molecule has 8 nitrogen and oxygen atoms in total. The van der Waals surface area contributed by atoms with Gasteiger partial charge in [0.2, 0.25) is 0 Å². The topological polar surface area (TPSA) is 86.6 Å². The second-order valence-corrected chi connectivity index (χ2v) is 12.2. The minimum atomic E-state index is -2.09. The van der Waals surface area contributed by atoms with Gasteiger partial charge >= 0.3 is 6.01 Å². The van der Waals surface area contributed by atoms with Crippen LogP contribution >= 0.6 is 0 Å². The average Bonchev–Trinajstić information content (AvgIpc) is 3.78. The molecule has 220 valence electrons. The van der Waals surface area contributed by atoms with E-state index in [2.05, 4.69) is 20.2 Å². The Balaban J connectivity index is 1.42. The Morgan fingerprint density at radius 1 is 1.21 bits per heavy atom. The average molecular weight is 577 g/mol. The van der Waals surface area contributed by atoms with Crippen LogP contribution in [0, 0.1) is 17.0 Å². The lowest BCUT2D eigenvalue weighted by molar-refractivity contribution is 0.183. The predicted octanol–water partition coefficient (Wildman–Crippen LogP) is 5.05. The fraction of sp³-hybridized carbons (Fsp3) is 0.469. The first kappa shape index (κ1) is 24.9. The molecule has 5 heterocycles. The molecule has 2 aromatic carbocycles. The van der Waals surface area contributed by atoms with Crippen LogP contribution in [0.25, 0.3) is 32.9 Å². The number of aryl methyl sites for hydroxylation is 1. The molecule has 2 aromatic heterocycles. The Morgan fingerprint density at radius 3 is 2.71 bits per heavy atom. The minimum Gasteiger partial charge on any atom is -0.508 e. The van der Waals surface area contributed by atoms with Gasteiger partial charge in [-0.25, -0.2) is 8.78 Å². The van der Waals surface area contributed by atoms with Crippen molar-refractivity contribution in [2.24, 2.45) is 5.41 Å². The van der Waals surface area contributed by atoms with Crippen LogP contribution in [-0.4, -0.2) is 77.3 Å². The molecule has 10 heteroatoms. The summed E-state index contributed by atoms with van der Waals surface area (Å²) in [5, 5.41) is 15.5. The summed E-state index contributed by atoms with van der Waals surface area (Å²) in [6, 6.07) is 5.95. The smallest absolute Gasteiger partial charge is 0.319 e. The van der Waals surface area contributed by atoms with Crippen LogP contribution in [0.3, 0.4) is 0 Å². The van der Waals surface area contributed by atoms with Crippen molar-refractivity contribution < 1.29 is 21.4 Å². The van der Waals surface area contributed by atoms with E-state index in [9.17, 15) is 9.50 Å². The van der Waals surface area contributed by atoms with Gasteiger partial charge in [0.1, 0.15) is 28.6 Å². The first-order valence-corrected chi connectivity index (χ1v) is 14.6. The van der Waals surface area contributed by atoms with E-state index < -0.39 is 23.6 Å². The molecule has 4 fully saturated rings. The molecule has 1 saturated carbocycles. The van der Waals surface area contributed by atoms with Crippen molar-refractivity contribution in [1.82, 2.24) is 25.2 Å². The zero-order valence-corrected chi connectivity index (χ0v) is 24.0. The standard InChI is InChI=1S/C32H36F2N6O2/c1-4-22-25(33)8-5-18-11-21(41)12-23(26(18)22)28-27(34)29-24(14-36-28)30(40-15-19-6-7-20(40)13-35-19)38-31(37-29)42-17-32(9-10-32)16-39(2)3/h5,8,11-12,14,19-20,35,41H,4,6-7,9-10,13,15-17H2,1-3H3/i17D2. The minimum absolute atomic E-state index is 0.0661. The lowest BCUT2D eigenvalue weighted by atomic mass is 9.92. The molecule has 3 aliphatic heterocycles. The van der Waals surface area contributed by atoms with Crippen molar-refractivity contribution in [2.45, 2.75) is 51.1 Å². The van der Waals surface area contributed by atoms with Crippen LogP contribution in [0.4, 0.5) is 14.6 Å². The third-order valence-electron chi connectivity index (χ3n) is 8.86. The number of piperidine rings is 2. The lowest BCUT2D eigenvalue weighted by Crippen LogP contribution is -2.61. The van der Waals surface area contributed by atoms with Crippen LogP contribution in [0.1, 0.15) is 40.9 Å². The van der Waals surface area contributed by atoms with E-state index in [1.807, 2.05) is 25.9 Å². The van der Waals surface area contributed by atoms with Crippen molar-refractivity contribution >= 4 is 27.5 Å². The maximum absolute atomic E-state index is 16.8. The number of fused-ring (bicyclic) bond motifs is 5. The highest BCUT2D eigenvalue weighted by atomic mass is 19.1. The summed E-state index contributed by atoms with van der Waals surface area (Å²) >= 11 is 0. The van der Waals surface area contributed by atoms with Gasteiger partial charge in [-0.3, -0.25) is 4.98 Å². The first-order chi connectivity index (χ1) is 21.0. The molecule has 1 aliphatic carbocycles. The number of ether oxygens (including phenoxy) is 1. The normalized spacial score (nSPS) is 22.1. The van der Waals surface area contributed by atoms with Crippen LogP contribution in [0.2, 0.25) is 0 Å². The Hall–Kier alpha value is -3.63. The monoisotopic (exact) mass is 576 g/mol. The highest BCUT2D eigenvalue weighted by molar-refractivity contribution is 6.01. The Morgan fingerprint density at radius 2 is 2.05 bits per heavy atom. The molecule has 2 N–H and O–H groups in total. The lowest BCUT2D eigenvalue weighted by Gasteiger charge is -2.46. The summed E-state index contributed by atoms with van der Waals surface area (Å²) in [7, 11) is 3.79. The van der Waals surface area contributed by atoms with Crippen molar-refractivity contribution in [1.29, 1.82) is 0 Å². The van der Waals surface area contributed by atoms with Crippen LogP contribution in [0.15, 0.2) is 30.5 Å². The van der Waals surface area contributed by atoms with Crippen LogP contribution in [-0.2, 0) is 6.42 Å². The number of phenolic OH excluding ortho intramolecular Hbond substituents is 1. The zero-order valence-electron chi connectivity index (χ0n) is 26.0. The molecule has 0 spiro atoms. The van der Waals surface area contributed by atoms with Gasteiger partial charge in [-0.2, -0.15) is 9.97 Å². The maximum atomic E-state index is 16.8. The summed E-state index contributed by atoms with van der Waals surface area (Å²) in [6.45, 7) is 1.64. The van der Waals surface area contributed by atoms with Gasteiger partial charge in [0, 0.05) is 48.9 Å². The Bertz CT molecular complexity index is 1780. The quantitative estimate of drug-likeness (QED) is 0.301. The van der Waals surface area contributed by atoms with E-state index in [0.717, 1.165) is 19.4 Å². The van der Waals surface area contributed by atoms with Gasteiger partial charge in [-0.1, -0.05) is 13.0 Å². The van der Waals surface area contributed by atoms with Crippen molar-refractivity contribution in [3.63, 3.8) is 0 Å². The molecule has 0 radical (unpaired) electrons. The molecule has 2 atom stereocenters. The number of nitrogens with zero attached hydrogens (tertiary/aromatic N) is 5. The predicted molar refractivity (Wildman–Crippen MR) is 159 cm³/mol. The second-order valence-electron chi connectivity index (χ2n) is 12.2. The van der Waals surface area contributed by atoms with Gasteiger partial charge in [-0.15, -0.1) is 0 Å². The van der Waals surface area contributed by atoms with Gasteiger partial charge < -0.3 is 25.0 Å². The van der Waals surface area contributed by atoms with E-state index in [4.69, 9.17) is 12.5 Å². The van der Waals surface area contributed by atoms with Crippen LogP contribution in [0.5, 0.6) is 11.8 Å². The summed E-state index contributed by atoms with van der Waals surface area (Å²) in [6.07, 6.45) is 5.16. The van der Waals surface area contributed by atoms with Crippen molar-refractivity contribution in [3.05, 3.63) is 47.7 Å². The summed E-state index contributed by atoms with van der Waals surface area (Å²) in [4.78, 5) is 17.8. The number of phenols is 1. The van der Waals surface area contributed by atoms with Crippen molar-refractivity contribution in [2.75, 3.05) is 45.2 Å². The SMILES string of the molecule is [2H]C([2H])(Oc1nc(N2CC3CCC2CN3)c2cnc(-c3cc(O)cc4ccc(F)c(CC)c34)c(F)c2n1)C1(CN(C)C)CC1. The number of hydrogen-bond acceptors (Lipinski definition) is 8. The van der Waals surface area contributed by atoms with Gasteiger partial charge in [0.25, 0.3) is 0 Å². The number of benzene rings is 2. The molecule has 4 aliphatic rings.